The third kappa shape index (κ3) is 3.11. The van der Waals surface area contributed by atoms with Crippen LogP contribution in [0.4, 0.5) is 10.5 Å². The monoisotopic (exact) mass is 321 g/mol. The number of nitrogens with zero attached hydrogens (tertiary/aromatic N) is 2. The number of hydrogen-bond donors (Lipinski definition) is 1. The first-order valence-electron chi connectivity index (χ1n) is 8.15. The van der Waals surface area contributed by atoms with Gasteiger partial charge in [0.05, 0.1) is 0 Å². The van der Waals surface area contributed by atoms with Gasteiger partial charge in [0.2, 0.25) is 0 Å². The Kier molecular flexibility index (Phi) is 3.69. The lowest BCUT2D eigenvalue weighted by molar-refractivity contribution is 0.220. The van der Waals surface area contributed by atoms with E-state index in [1.165, 1.54) is 0 Å². The van der Waals surface area contributed by atoms with E-state index in [2.05, 4.69) is 10.3 Å². The van der Waals surface area contributed by atoms with Crippen LogP contribution >= 0.6 is 0 Å². The Morgan fingerprint density at radius 2 is 2.04 bits per heavy atom. The van der Waals surface area contributed by atoms with Crippen molar-refractivity contribution in [3.63, 3.8) is 0 Å². The van der Waals surface area contributed by atoms with Gasteiger partial charge in [-0.15, -0.1) is 0 Å². The topological polar surface area (TPSA) is 58.4 Å². The summed E-state index contributed by atoms with van der Waals surface area (Å²) in [5.41, 5.74) is 3.38. The lowest BCUT2D eigenvalue weighted by Crippen LogP contribution is -2.30. The van der Waals surface area contributed by atoms with Crippen molar-refractivity contribution in [1.82, 2.24) is 9.88 Å². The van der Waals surface area contributed by atoms with Crippen molar-refractivity contribution in [2.75, 3.05) is 12.4 Å². The quantitative estimate of drug-likeness (QED) is 0.776. The molecule has 1 fully saturated rings. The highest BCUT2D eigenvalue weighted by atomic mass is 16.3. The Labute approximate surface area is 140 Å². The molecule has 0 aliphatic heterocycles. The molecule has 0 spiro atoms. The molecule has 24 heavy (non-hydrogen) atoms. The fourth-order valence-corrected chi connectivity index (χ4v) is 2.68. The van der Waals surface area contributed by atoms with Crippen LogP contribution in [0.2, 0.25) is 0 Å². The summed E-state index contributed by atoms with van der Waals surface area (Å²) in [7, 11) is 1.78. The Balaban J connectivity index is 1.45. The zero-order chi connectivity index (χ0) is 16.5. The Hall–Kier alpha value is -2.82. The van der Waals surface area contributed by atoms with E-state index >= 15 is 0 Å². The number of hydrogen-bond acceptors (Lipinski definition) is 3. The molecule has 1 saturated carbocycles. The molecule has 1 aliphatic carbocycles. The number of rotatable bonds is 4. The van der Waals surface area contributed by atoms with Crippen LogP contribution in [0.5, 0.6) is 0 Å². The Bertz CT molecular complexity index is 869. The van der Waals surface area contributed by atoms with Crippen LogP contribution in [0.15, 0.2) is 52.9 Å². The van der Waals surface area contributed by atoms with Gasteiger partial charge in [-0.3, -0.25) is 0 Å². The molecule has 2 aromatic carbocycles. The number of urea groups is 1. The van der Waals surface area contributed by atoms with E-state index in [1.54, 1.807) is 11.9 Å². The molecule has 3 aromatic rings. The molecule has 4 rings (SSSR count). The van der Waals surface area contributed by atoms with Crippen molar-refractivity contribution in [2.45, 2.75) is 25.3 Å². The number of carbonyl (C=O) groups excluding carboxylic acids is 1. The maximum atomic E-state index is 12.3. The molecule has 1 aromatic heterocycles. The fourth-order valence-electron chi connectivity index (χ4n) is 2.68. The van der Waals surface area contributed by atoms with E-state index in [9.17, 15) is 4.79 Å². The third-order valence-corrected chi connectivity index (χ3v) is 4.19. The van der Waals surface area contributed by atoms with Crippen molar-refractivity contribution in [3.8, 4) is 0 Å². The summed E-state index contributed by atoms with van der Waals surface area (Å²) in [5.74, 6) is 1.29. The predicted octanol–water partition coefficient (Wildman–Crippen LogP) is 4.37. The van der Waals surface area contributed by atoms with Crippen LogP contribution in [0.3, 0.4) is 0 Å². The maximum absolute atomic E-state index is 12.3. The minimum absolute atomic E-state index is 0.149. The van der Waals surface area contributed by atoms with E-state index in [1.807, 2.05) is 48.5 Å². The number of fused-ring (bicyclic) bond motifs is 1. The highest BCUT2D eigenvalue weighted by molar-refractivity contribution is 5.91. The second kappa shape index (κ2) is 6.00. The van der Waals surface area contributed by atoms with Crippen LogP contribution in [-0.2, 0) is 6.54 Å². The predicted molar refractivity (Wildman–Crippen MR) is 92.9 cm³/mol. The minimum Gasteiger partial charge on any atom is -0.440 e. The smallest absolute Gasteiger partial charge is 0.321 e. The molecule has 0 atom stereocenters. The Morgan fingerprint density at radius 3 is 2.79 bits per heavy atom. The summed E-state index contributed by atoms with van der Waals surface area (Å²) < 4.78 is 5.74. The lowest BCUT2D eigenvalue weighted by atomic mass is 10.2. The van der Waals surface area contributed by atoms with Crippen LogP contribution < -0.4 is 5.32 Å². The van der Waals surface area contributed by atoms with E-state index in [4.69, 9.17) is 4.42 Å². The normalized spacial score (nSPS) is 13.9. The van der Waals surface area contributed by atoms with Gasteiger partial charge >= 0.3 is 6.03 Å². The molecule has 5 nitrogen and oxygen atoms in total. The molecular formula is C19H19N3O2. The van der Waals surface area contributed by atoms with Crippen molar-refractivity contribution < 1.29 is 9.21 Å². The zero-order valence-electron chi connectivity index (χ0n) is 13.5. The first kappa shape index (κ1) is 14.8. The van der Waals surface area contributed by atoms with Crippen molar-refractivity contribution >= 4 is 22.8 Å². The zero-order valence-corrected chi connectivity index (χ0v) is 13.5. The van der Waals surface area contributed by atoms with E-state index in [0.717, 1.165) is 41.1 Å². The van der Waals surface area contributed by atoms with E-state index in [0.29, 0.717) is 12.5 Å². The number of nitrogens with one attached hydrogen (secondary N) is 1. The average molecular weight is 321 g/mol. The summed E-state index contributed by atoms with van der Waals surface area (Å²) in [5, 5.41) is 2.91. The summed E-state index contributed by atoms with van der Waals surface area (Å²) >= 11 is 0. The molecule has 2 amide bonds. The average Bonchev–Trinajstić information content (AvgIpc) is 3.35. The molecule has 1 aliphatic rings. The maximum Gasteiger partial charge on any atom is 0.321 e. The van der Waals surface area contributed by atoms with Gasteiger partial charge in [0.1, 0.15) is 5.52 Å². The fraction of sp³-hybridized carbons (Fsp3) is 0.263. The number of carbonyl (C=O) groups is 1. The second-order valence-corrected chi connectivity index (χ2v) is 6.28. The molecule has 5 heteroatoms. The van der Waals surface area contributed by atoms with Gasteiger partial charge in [0.25, 0.3) is 0 Å². The molecule has 0 saturated heterocycles. The second-order valence-electron chi connectivity index (χ2n) is 6.28. The van der Waals surface area contributed by atoms with Crippen molar-refractivity contribution in [2.24, 2.45) is 0 Å². The van der Waals surface area contributed by atoms with Gasteiger partial charge < -0.3 is 14.6 Å². The number of oxazole rings is 1. The molecule has 1 N–H and O–H groups in total. The van der Waals surface area contributed by atoms with E-state index in [-0.39, 0.29) is 6.03 Å². The summed E-state index contributed by atoms with van der Waals surface area (Å²) in [4.78, 5) is 18.5. The van der Waals surface area contributed by atoms with Gasteiger partial charge in [-0.05, 0) is 36.6 Å². The highest BCUT2D eigenvalue weighted by Gasteiger charge is 2.28. The van der Waals surface area contributed by atoms with Crippen LogP contribution in [0, 0.1) is 0 Å². The largest absolute Gasteiger partial charge is 0.440 e. The molecule has 0 unspecified atom stereocenters. The molecule has 0 radical (unpaired) electrons. The van der Waals surface area contributed by atoms with Crippen LogP contribution in [-0.4, -0.2) is 23.0 Å². The van der Waals surface area contributed by atoms with Crippen molar-refractivity contribution in [3.05, 3.63) is 60.0 Å². The van der Waals surface area contributed by atoms with Gasteiger partial charge in [-0.1, -0.05) is 30.3 Å². The Morgan fingerprint density at radius 1 is 1.25 bits per heavy atom. The van der Waals surface area contributed by atoms with Crippen LogP contribution in [0.25, 0.3) is 11.1 Å². The molecule has 0 bridgehead atoms. The number of anilines is 1. The van der Waals surface area contributed by atoms with E-state index < -0.39 is 0 Å². The summed E-state index contributed by atoms with van der Waals surface area (Å²) in [6.45, 7) is 0.560. The SMILES string of the molecule is CN(Cc1ccccc1)C(=O)Nc1ccc2oc(C3CC3)nc2c1. The van der Waals surface area contributed by atoms with Crippen LogP contribution in [0.1, 0.15) is 30.2 Å². The standard InChI is InChI=1S/C19H19N3O2/c1-22(12-13-5-3-2-4-6-13)19(23)20-15-9-10-17-16(11-15)21-18(24-17)14-7-8-14/h2-6,9-11,14H,7-8,12H2,1H3,(H,20,23). The van der Waals surface area contributed by atoms with Gasteiger partial charge in [0.15, 0.2) is 11.5 Å². The number of amides is 2. The first-order valence-corrected chi connectivity index (χ1v) is 8.15. The third-order valence-electron chi connectivity index (χ3n) is 4.19. The molecular weight excluding hydrogens is 302 g/mol. The van der Waals surface area contributed by atoms with Crippen molar-refractivity contribution in [1.29, 1.82) is 0 Å². The lowest BCUT2D eigenvalue weighted by Gasteiger charge is -2.18. The minimum atomic E-state index is -0.149. The summed E-state index contributed by atoms with van der Waals surface area (Å²) in [6.07, 6.45) is 2.31. The molecule has 122 valence electrons. The molecule has 1 heterocycles. The number of benzene rings is 2. The first-order chi connectivity index (χ1) is 11.7. The van der Waals surface area contributed by atoms with Gasteiger partial charge in [0, 0.05) is 25.2 Å². The highest BCUT2D eigenvalue weighted by Crippen LogP contribution is 2.40. The van der Waals surface area contributed by atoms with Gasteiger partial charge in [-0.2, -0.15) is 0 Å². The van der Waals surface area contributed by atoms with Gasteiger partial charge in [-0.25, -0.2) is 9.78 Å². The number of aromatic nitrogens is 1. The summed E-state index contributed by atoms with van der Waals surface area (Å²) in [6, 6.07) is 15.3.